The van der Waals surface area contributed by atoms with Crippen molar-refractivity contribution < 1.29 is 9.59 Å². The van der Waals surface area contributed by atoms with Gasteiger partial charge in [-0.05, 0) is 74.7 Å². The van der Waals surface area contributed by atoms with Crippen LogP contribution in [0.2, 0.25) is 0 Å². The van der Waals surface area contributed by atoms with Crippen LogP contribution in [0.4, 0.5) is 5.69 Å². The van der Waals surface area contributed by atoms with Crippen molar-refractivity contribution in [1.29, 1.82) is 0 Å². The van der Waals surface area contributed by atoms with Crippen molar-refractivity contribution >= 4 is 17.4 Å². The van der Waals surface area contributed by atoms with Crippen LogP contribution in [0.1, 0.15) is 59.2 Å². The fourth-order valence-corrected chi connectivity index (χ4v) is 3.58. The normalized spacial score (nSPS) is 14.6. The van der Waals surface area contributed by atoms with Crippen LogP contribution in [0.25, 0.3) is 0 Å². The van der Waals surface area contributed by atoms with Crippen molar-refractivity contribution in [2.75, 3.05) is 18.4 Å². The van der Waals surface area contributed by atoms with Gasteiger partial charge in [-0.3, -0.25) is 14.5 Å². The summed E-state index contributed by atoms with van der Waals surface area (Å²) < 4.78 is 0. The van der Waals surface area contributed by atoms with Crippen LogP contribution < -0.4 is 5.32 Å². The van der Waals surface area contributed by atoms with Gasteiger partial charge in [0.1, 0.15) is 0 Å². The van der Waals surface area contributed by atoms with E-state index in [1.807, 2.05) is 44.2 Å². The Morgan fingerprint density at radius 3 is 2.29 bits per heavy atom. The smallest absolute Gasteiger partial charge is 0.224 e. The highest BCUT2D eigenvalue weighted by Gasteiger charge is 2.12. The monoisotopic (exact) mass is 378 g/mol. The van der Waals surface area contributed by atoms with Gasteiger partial charge < -0.3 is 5.32 Å². The lowest BCUT2D eigenvalue weighted by atomic mass is 10.0. The lowest BCUT2D eigenvalue weighted by Crippen LogP contribution is -2.29. The van der Waals surface area contributed by atoms with Crippen molar-refractivity contribution in [2.45, 2.75) is 52.5 Å². The summed E-state index contributed by atoms with van der Waals surface area (Å²) in [4.78, 5) is 27.0. The molecule has 2 aromatic carbocycles. The molecule has 1 aliphatic rings. The Morgan fingerprint density at radius 1 is 0.893 bits per heavy atom. The molecule has 1 saturated heterocycles. The zero-order valence-corrected chi connectivity index (χ0v) is 17.0. The van der Waals surface area contributed by atoms with Gasteiger partial charge in [0.15, 0.2) is 5.78 Å². The molecule has 1 amide bonds. The number of piperidine rings is 1. The standard InChI is InChI=1S/C24H30N2O2/c1-18-6-9-21(16-19(18)2)23(27)12-13-24(28)25-22-10-7-20(8-11-22)17-26-14-4-3-5-15-26/h6-11,16H,3-5,12-15,17H2,1-2H3,(H,25,28). The Bertz CT molecular complexity index is 821. The quantitative estimate of drug-likeness (QED) is 0.698. The number of benzene rings is 2. The summed E-state index contributed by atoms with van der Waals surface area (Å²) in [5.41, 5.74) is 4.99. The van der Waals surface area contributed by atoms with Crippen LogP contribution >= 0.6 is 0 Å². The average Bonchev–Trinajstić information content (AvgIpc) is 2.70. The number of hydrogen-bond donors (Lipinski definition) is 1. The fraction of sp³-hybridized carbons (Fsp3) is 0.417. The predicted octanol–water partition coefficient (Wildman–Crippen LogP) is 4.89. The first-order chi connectivity index (χ1) is 13.5. The molecule has 1 N–H and O–H groups in total. The van der Waals surface area contributed by atoms with Crippen molar-refractivity contribution in [1.82, 2.24) is 4.90 Å². The van der Waals surface area contributed by atoms with Crippen molar-refractivity contribution in [2.24, 2.45) is 0 Å². The number of hydrogen-bond acceptors (Lipinski definition) is 3. The van der Waals surface area contributed by atoms with E-state index in [1.165, 1.54) is 37.9 Å². The molecule has 2 aromatic rings. The number of Topliss-reactive ketones (excluding diaryl/α,β-unsaturated/α-hetero) is 1. The van der Waals surface area contributed by atoms with Crippen LogP contribution in [0.15, 0.2) is 42.5 Å². The highest BCUT2D eigenvalue weighted by molar-refractivity contribution is 6.00. The second-order valence-corrected chi connectivity index (χ2v) is 7.80. The molecule has 0 radical (unpaired) electrons. The van der Waals surface area contributed by atoms with Gasteiger partial charge in [0, 0.05) is 30.6 Å². The van der Waals surface area contributed by atoms with E-state index in [0.717, 1.165) is 23.4 Å². The molecule has 0 saturated carbocycles. The minimum Gasteiger partial charge on any atom is -0.326 e. The van der Waals surface area contributed by atoms with Gasteiger partial charge in [0.05, 0.1) is 0 Å². The summed E-state index contributed by atoms with van der Waals surface area (Å²) in [6, 6.07) is 13.7. The molecule has 148 valence electrons. The number of carbonyl (C=O) groups is 2. The van der Waals surface area contributed by atoms with E-state index in [0.29, 0.717) is 5.56 Å². The molecule has 0 aliphatic carbocycles. The van der Waals surface area contributed by atoms with E-state index in [2.05, 4.69) is 22.3 Å². The number of nitrogens with one attached hydrogen (secondary N) is 1. The van der Waals surface area contributed by atoms with E-state index >= 15 is 0 Å². The third-order valence-corrected chi connectivity index (χ3v) is 5.50. The molecule has 0 aromatic heterocycles. The number of anilines is 1. The zero-order valence-electron chi connectivity index (χ0n) is 17.0. The Hall–Kier alpha value is -2.46. The Morgan fingerprint density at radius 2 is 1.61 bits per heavy atom. The van der Waals surface area contributed by atoms with Crippen LogP contribution in [0, 0.1) is 13.8 Å². The lowest BCUT2D eigenvalue weighted by molar-refractivity contribution is -0.116. The van der Waals surface area contributed by atoms with Crippen molar-refractivity contribution in [3.63, 3.8) is 0 Å². The van der Waals surface area contributed by atoms with Crippen molar-refractivity contribution in [3.8, 4) is 0 Å². The summed E-state index contributed by atoms with van der Waals surface area (Å²) in [6.45, 7) is 7.33. The first-order valence-electron chi connectivity index (χ1n) is 10.2. The Labute approximate surface area is 167 Å². The van der Waals surface area contributed by atoms with Crippen LogP contribution in [-0.2, 0) is 11.3 Å². The van der Waals surface area contributed by atoms with Gasteiger partial charge in [0.2, 0.25) is 5.91 Å². The molecule has 4 heteroatoms. The molecule has 0 spiro atoms. The number of likely N-dealkylation sites (tertiary alicyclic amines) is 1. The molecule has 1 heterocycles. The Balaban J connectivity index is 1.46. The number of rotatable bonds is 7. The van der Waals surface area contributed by atoms with E-state index in [9.17, 15) is 9.59 Å². The fourth-order valence-electron chi connectivity index (χ4n) is 3.58. The second-order valence-electron chi connectivity index (χ2n) is 7.80. The summed E-state index contributed by atoms with van der Waals surface area (Å²) in [5.74, 6) is -0.115. The van der Waals surface area contributed by atoms with Crippen LogP contribution in [-0.4, -0.2) is 29.7 Å². The first kappa shape index (κ1) is 20.3. The predicted molar refractivity (Wildman–Crippen MR) is 114 cm³/mol. The molecule has 28 heavy (non-hydrogen) atoms. The molecular formula is C24H30N2O2. The highest BCUT2D eigenvalue weighted by Crippen LogP contribution is 2.16. The molecule has 4 nitrogen and oxygen atoms in total. The summed E-state index contributed by atoms with van der Waals surface area (Å²) in [6.07, 6.45) is 4.33. The maximum absolute atomic E-state index is 12.3. The third-order valence-electron chi connectivity index (χ3n) is 5.50. The maximum Gasteiger partial charge on any atom is 0.224 e. The summed E-state index contributed by atoms with van der Waals surface area (Å²) in [5, 5.41) is 2.90. The number of ketones is 1. The maximum atomic E-state index is 12.3. The molecule has 0 bridgehead atoms. The molecule has 3 rings (SSSR count). The first-order valence-corrected chi connectivity index (χ1v) is 10.2. The summed E-state index contributed by atoms with van der Waals surface area (Å²) in [7, 11) is 0. The average molecular weight is 379 g/mol. The summed E-state index contributed by atoms with van der Waals surface area (Å²) >= 11 is 0. The van der Waals surface area contributed by atoms with Gasteiger partial charge in [-0.1, -0.05) is 30.7 Å². The SMILES string of the molecule is Cc1ccc(C(=O)CCC(=O)Nc2ccc(CN3CCCCC3)cc2)cc1C. The van der Waals surface area contributed by atoms with E-state index in [1.54, 1.807) is 0 Å². The molecule has 1 fully saturated rings. The minimum absolute atomic E-state index is 0.00938. The van der Waals surface area contributed by atoms with Crippen LogP contribution in [0.3, 0.4) is 0 Å². The largest absolute Gasteiger partial charge is 0.326 e. The van der Waals surface area contributed by atoms with Crippen LogP contribution in [0.5, 0.6) is 0 Å². The molecule has 0 unspecified atom stereocenters. The van der Waals surface area contributed by atoms with Gasteiger partial charge in [-0.15, -0.1) is 0 Å². The number of aryl methyl sites for hydroxylation is 2. The number of nitrogens with zero attached hydrogens (tertiary/aromatic N) is 1. The minimum atomic E-state index is -0.124. The topological polar surface area (TPSA) is 49.4 Å². The van der Waals surface area contributed by atoms with Gasteiger partial charge >= 0.3 is 0 Å². The van der Waals surface area contributed by atoms with Crippen molar-refractivity contribution in [3.05, 3.63) is 64.7 Å². The molecular weight excluding hydrogens is 348 g/mol. The Kier molecular flexibility index (Phi) is 6.99. The van der Waals surface area contributed by atoms with E-state index in [-0.39, 0.29) is 24.5 Å². The third kappa shape index (κ3) is 5.77. The van der Waals surface area contributed by atoms with Gasteiger partial charge in [-0.25, -0.2) is 0 Å². The lowest BCUT2D eigenvalue weighted by Gasteiger charge is -2.26. The van der Waals surface area contributed by atoms with E-state index in [4.69, 9.17) is 0 Å². The van der Waals surface area contributed by atoms with Gasteiger partial charge in [-0.2, -0.15) is 0 Å². The van der Waals surface area contributed by atoms with Gasteiger partial charge in [0.25, 0.3) is 0 Å². The molecule has 1 aliphatic heterocycles. The number of carbonyl (C=O) groups excluding carboxylic acids is 2. The zero-order chi connectivity index (χ0) is 19.9. The second kappa shape index (κ2) is 9.65. The number of amides is 1. The molecule has 0 atom stereocenters. The highest BCUT2D eigenvalue weighted by atomic mass is 16.2. The van der Waals surface area contributed by atoms with E-state index < -0.39 is 0 Å².